The van der Waals surface area contributed by atoms with Gasteiger partial charge in [0.2, 0.25) is 0 Å². The molecular formula is C12H17N3O. The first-order valence-corrected chi connectivity index (χ1v) is 5.30. The Balaban J connectivity index is 2.75. The molecule has 4 heteroatoms. The van der Waals surface area contributed by atoms with Gasteiger partial charge in [-0.2, -0.15) is 5.26 Å². The van der Waals surface area contributed by atoms with Crippen molar-refractivity contribution in [3.05, 3.63) is 23.8 Å². The van der Waals surface area contributed by atoms with Crippen LogP contribution in [0, 0.1) is 11.3 Å². The molecule has 0 radical (unpaired) electrons. The van der Waals surface area contributed by atoms with Crippen LogP contribution in [0.1, 0.15) is 18.9 Å². The molecule has 1 unspecified atom stereocenters. The standard InChI is InChI=1S/C12H17N3O/c1-9(5-7-16)15-11-2-3-12(14)10(8-11)4-6-13/h2-3,8-9,15-16H,4-5,7,14H2,1H3. The molecular weight excluding hydrogens is 202 g/mol. The molecule has 86 valence electrons. The zero-order valence-corrected chi connectivity index (χ0v) is 9.40. The van der Waals surface area contributed by atoms with Gasteiger partial charge in [-0.1, -0.05) is 0 Å². The van der Waals surface area contributed by atoms with Gasteiger partial charge in [0.15, 0.2) is 0 Å². The number of aliphatic hydroxyl groups is 1. The predicted octanol–water partition coefficient (Wildman–Crippen LogP) is 1.52. The summed E-state index contributed by atoms with van der Waals surface area (Å²) in [6.45, 7) is 2.16. The zero-order valence-electron chi connectivity index (χ0n) is 9.40. The van der Waals surface area contributed by atoms with Crippen LogP contribution in [0.15, 0.2) is 18.2 Å². The van der Waals surface area contributed by atoms with Crippen molar-refractivity contribution in [1.82, 2.24) is 0 Å². The van der Waals surface area contributed by atoms with Gasteiger partial charge in [-0.15, -0.1) is 0 Å². The van der Waals surface area contributed by atoms with Crippen LogP contribution in [0.25, 0.3) is 0 Å². The number of aliphatic hydroxyl groups excluding tert-OH is 1. The fourth-order valence-electron chi connectivity index (χ4n) is 1.48. The summed E-state index contributed by atoms with van der Waals surface area (Å²) >= 11 is 0. The van der Waals surface area contributed by atoms with Crippen LogP contribution in [0.3, 0.4) is 0 Å². The molecule has 0 heterocycles. The maximum Gasteiger partial charge on any atom is 0.0670 e. The maximum atomic E-state index is 8.79. The molecule has 1 aromatic rings. The first kappa shape index (κ1) is 12.3. The molecule has 0 fully saturated rings. The molecule has 0 aliphatic heterocycles. The van der Waals surface area contributed by atoms with E-state index >= 15 is 0 Å². The number of benzene rings is 1. The first-order chi connectivity index (χ1) is 7.67. The molecule has 0 saturated carbocycles. The lowest BCUT2D eigenvalue weighted by Crippen LogP contribution is -2.16. The molecule has 0 aromatic heterocycles. The van der Waals surface area contributed by atoms with Gasteiger partial charge in [-0.3, -0.25) is 0 Å². The number of hydrogen-bond acceptors (Lipinski definition) is 4. The topological polar surface area (TPSA) is 82.1 Å². The minimum Gasteiger partial charge on any atom is -0.398 e. The van der Waals surface area contributed by atoms with E-state index in [-0.39, 0.29) is 12.6 Å². The Kier molecular flexibility index (Phi) is 4.62. The van der Waals surface area contributed by atoms with Crippen molar-refractivity contribution in [2.24, 2.45) is 0 Å². The second-order valence-electron chi connectivity index (χ2n) is 3.81. The summed E-state index contributed by atoms with van der Waals surface area (Å²) in [5.41, 5.74) is 8.15. The SMILES string of the molecule is CC(CCO)Nc1ccc(N)c(CC#N)c1. The highest BCUT2D eigenvalue weighted by atomic mass is 16.3. The molecule has 4 nitrogen and oxygen atoms in total. The number of nitrogens with zero attached hydrogens (tertiary/aromatic N) is 1. The Morgan fingerprint density at radius 2 is 2.31 bits per heavy atom. The summed E-state index contributed by atoms with van der Waals surface area (Å²) in [6.07, 6.45) is 1.01. The number of nitrogens with two attached hydrogens (primary N) is 1. The minimum absolute atomic E-state index is 0.161. The summed E-state index contributed by atoms with van der Waals surface area (Å²) in [7, 11) is 0. The average Bonchev–Trinajstić information content (AvgIpc) is 2.24. The van der Waals surface area contributed by atoms with E-state index in [0.29, 0.717) is 18.5 Å². The second-order valence-corrected chi connectivity index (χ2v) is 3.81. The fourth-order valence-corrected chi connectivity index (χ4v) is 1.48. The highest BCUT2D eigenvalue weighted by molar-refractivity contribution is 5.58. The number of nitrogens with one attached hydrogen (secondary N) is 1. The summed E-state index contributed by atoms with van der Waals surface area (Å²) in [5.74, 6) is 0. The molecule has 1 atom stereocenters. The van der Waals surface area contributed by atoms with Crippen LogP contribution < -0.4 is 11.1 Å². The Morgan fingerprint density at radius 3 is 2.94 bits per heavy atom. The minimum atomic E-state index is 0.161. The van der Waals surface area contributed by atoms with Crippen LogP contribution in [0.5, 0.6) is 0 Å². The van der Waals surface area contributed by atoms with E-state index in [0.717, 1.165) is 11.3 Å². The lowest BCUT2D eigenvalue weighted by Gasteiger charge is -2.15. The van der Waals surface area contributed by atoms with E-state index < -0.39 is 0 Å². The molecule has 0 aliphatic carbocycles. The second kappa shape index (κ2) is 5.99. The lowest BCUT2D eigenvalue weighted by molar-refractivity contribution is 0.282. The van der Waals surface area contributed by atoms with Gasteiger partial charge in [-0.25, -0.2) is 0 Å². The Morgan fingerprint density at radius 1 is 1.56 bits per heavy atom. The highest BCUT2D eigenvalue weighted by Crippen LogP contribution is 2.19. The van der Waals surface area contributed by atoms with Crippen LogP contribution in [-0.4, -0.2) is 17.8 Å². The molecule has 0 saturated heterocycles. The van der Waals surface area contributed by atoms with Crippen molar-refractivity contribution in [1.29, 1.82) is 5.26 Å². The fraction of sp³-hybridized carbons (Fsp3) is 0.417. The van der Waals surface area contributed by atoms with Crippen LogP contribution in [0.4, 0.5) is 11.4 Å². The summed E-state index contributed by atoms with van der Waals surface area (Å²) in [5, 5.41) is 20.7. The lowest BCUT2D eigenvalue weighted by atomic mass is 10.1. The summed E-state index contributed by atoms with van der Waals surface area (Å²) in [4.78, 5) is 0. The summed E-state index contributed by atoms with van der Waals surface area (Å²) in [6, 6.07) is 7.83. The van der Waals surface area contributed by atoms with Gasteiger partial charge in [-0.05, 0) is 37.1 Å². The van der Waals surface area contributed by atoms with Crippen molar-refractivity contribution in [2.45, 2.75) is 25.8 Å². The monoisotopic (exact) mass is 219 g/mol. The van der Waals surface area contributed by atoms with Crippen molar-refractivity contribution in [3.8, 4) is 6.07 Å². The molecule has 0 aliphatic rings. The number of rotatable bonds is 5. The summed E-state index contributed by atoms with van der Waals surface area (Å²) < 4.78 is 0. The van der Waals surface area contributed by atoms with Gasteiger partial charge in [0.05, 0.1) is 12.5 Å². The molecule has 0 amide bonds. The first-order valence-electron chi connectivity index (χ1n) is 5.30. The number of hydrogen-bond donors (Lipinski definition) is 3. The van der Waals surface area contributed by atoms with E-state index in [1.807, 2.05) is 19.1 Å². The van der Waals surface area contributed by atoms with E-state index in [1.54, 1.807) is 6.07 Å². The normalized spacial score (nSPS) is 11.8. The van der Waals surface area contributed by atoms with Gasteiger partial charge in [0.1, 0.15) is 0 Å². The molecule has 16 heavy (non-hydrogen) atoms. The molecule has 1 rings (SSSR count). The van der Waals surface area contributed by atoms with E-state index in [2.05, 4.69) is 11.4 Å². The van der Waals surface area contributed by atoms with E-state index in [4.69, 9.17) is 16.1 Å². The maximum absolute atomic E-state index is 8.79. The van der Waals surface area contributed by atoms with Gasteiger partial charge < -0.3 is 16.2 Å². The van der Waals surface area contributed by atoms with Crippen molar-refractivity contribution < 1.29 is 5.11 Å². The number of nitriles is 1. The van der Waals surface area contributed by atoms with Crippen LogP contribution in [0.2, 0.25) is 0 Å². The van der Waals surface area contributed by atoms with E-state index in [1.165, 1.54) is 0 Å². The molecule has 0 bridgehead atoms. The van der Waals surface area contributed by atoms with Crippen LogP contribution in [-0.2, 0) is 6.42 Å². The average molecular weight is 219 g/mol. The van der Waals surface area contributed by atoms with Gasteiger partial charge in [0, 0.05) is 24.0 Å². The Hall–Kier alpha value is -1.73. The Bertz CT molecular complexity index is 384. The molecule has 0 spiro atoms. The van der Waals surface area contributed by atoms with Crippen molar-refractivity contribution >= 4 is 11.4 Å². The molecule has 4 N–H and O–H groups in total. The van der Waals surface area contributed by atoms with Gasteiger partial charge in [0.25, 0.3) is 0 Å². The number of nitrogen functional groups attached to an aromatic ring is 1. The third-order valence-corrected chi connectivity index (χ3v) is 2.39. The van der Waals surface area contributed by atoms with Crippen LogP contribution >= 0.6 is 0 Å². The van der Waals surface area contributed by atoms with E-state index in [9.17, 15) is 0 Å². The Labute approximate surface area is 95.7 Å². The smallest absolute Gasteiger partial charge is 0.0670 e. The van der Waals surface area contributed by atoms with Gasteiger partial charge >= 0.3 is 0 Å². The molecule has 1 aromatic carbocycles. The number of anilines is 2. The van der Waals surface area contributed by atoms with Crippen molar-refractivity contribution in [3.63, 3.8) is 0 Å². The quantitative estimate of drug-likeness (QED) is 0.656. The largest absolute Gasteiger partial charge is 0.398 e. The third-order valence-electron chi connectivity index (χ3n) is 2.39. The predicted molar refractivity (Wildman–Crippen MR) is 65.0 cm³/mol. The zero-order chi connectivity index (χ0) is 12.0. The van der Waals surface area contributed by atoms with Crippen molar-refractivity contribution in [2.75, 3.05) is 17.7 Å². The third kappa shape index (κ3) is 3.44. The highest BCUT2D eigenvalue weighted by Gasteiger charge is 2.04.